The Kier molecular flexibility index (Phi) is 4.41. The molecular formula is C13H16N4S. The third-order valence-corrected chi connectivity index (χ3v) is 2.86. The van der Waals surface area contributed by atoms with Gasteiger partial charge in [0.25, 0.3) is 0 Å². The highest BCUT2D eigenvalue weighted by Crippen LogP contribution is 2.04. The van der Waals surface area contributed by atoms with Crippen molar-refractivity contribution in [3.05, 3.63) is 46.5 Å². The summed E-state index contributed by atoms with van der Waals surface area (Å²) in [6.45, 7) is 2.15. The van der Waals surface area contributed by atoms with Gasteiger partial charge in [0.05, 0.1) is 6.21 Å². The van der Waals surface area contributed by atoms with Gasteiger partial charge in [0.2, 0.25) is 4.77 Å². The number of hydrogen-bond donors (Lipinski definition) is 1. The van der Waals surface area contributed by atoms with E-state index in [1.807, 2.05) is 30.3 Å². The number of benzene rings is 1. The topological polar surface area (TPSA) is 46.0 Å². The lowest BCUT2D eigenvalue weighted by Gasteiger charge is -1.99. The molecule has 0 radical (unpaired) electrons. The molecule has 0 atom stereocenters. The molecule has 5 heteroatoms. The summed E-state index contributed by atoms with van der Waals surface area (Å²) in [6, 6.07) is 9.94. The molecule has 1 N–H and O–H groups in total. The Labute approximate surface area is 111 Å². The first-order chi connectivity index (χ1) is 8.81. The van der Waals surface area contributed by atoms with Crippen LogP contribution in [0.2, 0.25) is 0 Å². The normalized spacial score (nSPS) is 11.2. The second kappa shape index (κ2) is 6.26. The minimum atomic E-state index is 0.535. The minimum absolute atomic E-state index is 0.535. The summed E-state index contributed by atoms with van der Waals surface area (Å²) in [5.74, 6) is 0.883. The lowest BCUT2D eigenvalue weighted by molar-refractivity contribution is 0.700. The Bertz CT molecular complexity index is 568. The molecule has 0 aliphatic carbocycles. The van der Waals surface area contributed by atoms with Gasteiger partial charge in [0.1, 0.15) is 0 Å². The molecule has 94 valence electrons. The number of unbranched alkanes of at least 4 members (excludes halogenated alkanes) is 1. The summed E-state index contributed by atoms with van der Waals surface area (Å²) in [5.41, 5.74) is 1.04. The van der Waals surface area contributed by atoms with Gasteiger partial charge in [-0.3, -0.25) is 5.10 Å². The number of nitrogens with one attached hydrogen (secondary N) is 1. The third kappa shape index (κ3) is 3.13. The van der Waals surface area contributed by atoms with Crippen molar-refractivity contribution in [3.8, 4) is 0 Å². The van der Waals surface area contributed by atoms with Crippen molar-refractivity contribution in [2.45, 2.75) is 26.2 Å². The van der Waals surface area contributed by atoms with Crippen molar-refractivity contribution in [3.63, 3.8) is 0 Å². The van der Waals surface area contributed by atoms with E-state index in [4.69, 9.17) is 12.2 Å². The number of aromatic nitrogens is 3. The molecule has 0 bridgehead atoms. The Morgan fingerprint density at radius 3 is 2.89 bits per heavy atom. The summed E-state index contributed by atoms with van der Waals surface area (Å²) in [5, 5.41) is 11.4. The highest BCUT2D eigenvalue weighted by molar-refractivity contribution is 7.71. The van der Waals surface area contributed by atoms with Crippen LogP contribution in [0, 0.1) is 4.77 Å². The monoisotopic (exact) mass is 260 g/mol. The second-order valence-corrected chi connectivity index (χ2v) is 4.40. The van der Waals surface area contributed by atoms with Crippen LogP contribution < -0.4 is 0 Å². The van der Waals surface area contributed by atoms with Gasteiger partial charge in [-0.05, 0) is 24.2 Å². The van der Waals surface area contributed by atoms with E-state index in [2.05, 4.69) is 22.2 Å². The molecule has 0 saturated heterocycles. The van der Waals surface area contributed by atoms with Gasteiger partial charge in [-0.25, -0.2) is 0 Å². The summed E-state index contributed by atoms with van der Waals surface area (Å²) in [4.78, 5) is 0. The van der Waals surface area contributed by atoms with E-state index in [0.717, 1.165) is 30.7 Å². The van der Waals surface area contributed by atoms with Crippen molar-refractivity contribution >= 4 is 18.4 Å². The van der Waals surface area contributed by atoms with E-state index in [9.17, 15) is 0 Å². The Balaban J connectivity index is 2.20. The maximum Gasteiger partial charge on any atom is 0.216 e. The lowest BCUT2D eigenvalue weighted by atomic mass is 10.2. The van der Waals surface area contributed by atoms with Gasteiger partial charge in [-0.15, -0.1) is 0 Å². The zero-order valence-electron chi connectivity index (χ0n) is 10.3. The first kappa shape index (κ1) is 12.7. The zero-order chi connectivity index (χ0) is 12.8. The molecule has 4 nitrogen and oxygen atoms in total. The van der Waals surface area contributed by atoms with E-state index in [1.165, 1.54) is 0 Å². The summed E-state index contributed by atoms with van der Waals surface area (Å²) < 4.78 is 2.23. The maximum absolute atomic E-state index is 5.17. The quantitative estimate of drug-likeness (QED) is 0.663. The number of hydrogen-bond acceptors (Lipinski definition) is 3. The second-order valence-electron chi connectivity index (χ2n) is 4.02. The summed E-state index contributed by atoms with van der Waals surface area (Å²) in [7, 11) is 0. The molecule has 0 unspecified atom stereocenters. The third-order valence-electron chi connectivity index (χ3n) is 2.59. The van der Waals surface area contributed by atoms with E-state index in [0.29, 0.717) is 4.77 Å². The zero-order valence-corrected chi connectivity index (χ0v) is 11.2. The van der Waals surface area contributed by atoms with Crippen molar-refractivity contribution in [2.24, 2.45) is 5.10 Å². The molecule has 18 heavy (non-hydrogen) atoms. The fourth-order valence-electron chi connectivity index (χ4n) is 1.60. The van der Waals surface area contributed by atoms with Crippen LogP contribution >= 0.6 is 12.2 Å². The van der Waals surface area contributed by atoms with E-state index < -0.39 is 0 Å². The molecule has 0 saturated carbocycles. The molecule has 1 heterocycles. The van der Waals surface area contributed by atoms with Crippen molar-refractivity contribution < 1.29 is 0 Å². The maximum atomic E-state index is 5.17. The molecular weight excluding hydrogens is 244 g/mol. The van der Waals surface area contributed by atoms with Crippen LogP contribution in [0.3, 0.4) is 0 Å². The van der Waals surface area contributed by atoms with E-state index in [-0.39, 0.29) is 0 Å². The minimum Gasteiger partial charge on any atom is -0.250 e. The fourth-order valence-corrected chi connectivity index (χ4v) is 1.80. The predicted molar refractivity (Wildman–Crippen MR) is 75.5 cm³/mol. The highest BCUT2D eigenvalue weighted by Gasteiger charge is 2.03. The average Bonchev–Trinajstić information content (AvgIpc) is 2.76. The van der Waals surface area contributed by atoms with Crippen molar-refractivity contribution in [1.29, 1.82) is 0 Å². The summed E-state index contributed by atoms with van der Waals surface area (Å²) >= 11 is 5.17. The van der Waals surface area contributed by atoms with Crippen LogP contribution in [-0.4, -0.2) is 21.1 Å². The van der Waals surface area contributed by atoms with Crippen LogP contribution in [0.1, 0.15) is 31.2 Å². The van der Waals surface area contributed by atoms with Crippen molar-refractivity contribution in [2.75, 3.05) is 0 Å². The molecule has 0 amide bonds. The van der Waals surface area contributed by atoms with Crippen LogP contribution in [0.25, 0.3) is 0 Å². The first-order valence-electron chi connectivity index (χ1n) is 6.07. The largest absolute Gasteiger partial charge is 0.250 e. The molecule has 0 fully saturated rings. The van der Waals surface area contributed by atoms with E-state index >= 15 is 0 Å². The van der Waals surface area contributed by atoms with E-state index in [1.54, 1.807) is 10.9 Å². The van der Waals surface area contributed by atoms with Crippen molar-refractivity contribution in [1.82, 2.24) is 14.9 Å². The van der Waals surface area contributed by atoms with Crippen LogP contribution in [0.4, 0.5) is 0 Å². The molecule has 2 rings (SSSR count). The molecule has 0 spiro atoms. The fraction of sp³-hybridized carbons (Fsp3) is 0.308. The van der Waals surface area contributed by atoms with Gasteiger partial charge in [-0.2, -0.15) is 14.9 Å². The van der Waals surface area contributed by atoms with Gasteiger partial charge >= 0.3 is 0 Å². The number of aromatic amines is 1. The van der Waals surface area contributed by atoms with Crippen LogP contribution in [-0.2, 0) is 6.42 Å². The molecule has 1 aromatic heterocycles. The van der Waals surface area contributed by atoms with Gasteiger partial charge in [0.15, 0.2) is 5.82 Å². The standard InChI is InChI=1S/C13H16N4S/c1-2-3-9-12-15-16-13(18)17(12)14-10-11-7-5-4-6-8-11/h4-8,10H,2-3,9H2,1H3,(H,16,18)/b14-10+. The van der Waals surface area contributed by atoms with Crippen LogP contribution in [0.5, 0.6) is 0 Å². The van der Waals surface area contributed by atoms with Crippen LogP contribution in [0.15, 0.2) is 35.4 Å². The molecule has 0 aliphatic rings. The Morgan fingerprint density at radius 2 is 2.17 bits per heavy atom. The molecule has 2 aromatic rings. The van der Waals surface area contributed by atoms with Gasteiger partial charge in [0, 0.05) is 6.42 Å². The highest BCUT2D eigenvalue weighted by atomic mass is 32.1. The SMILES string of the molecule is CCCCc1n[nH]c(=S)n1/N=C/c1ccccc1. The Morgan fingerprint density at radius 1 is 1.39 bits per heavy atom. The molecule has 0 aliphatic heterocycles. The number of rotatable bonds is 5. The predicted octanol–water partition coefficient (Wildman–Crippen LogP) is 3.17. The van der Waals surface area contributed by atoms with Gasteiger partial charge < -0.3 is 0 Å². The molecule has 1 aromatic carbocycles. The van der Waals surface area contributed by atoms with Gasteiger partial charge in [-0.1, -0.05) is 43.7 Å². The average molecular weight is 260 g/mol. The number of nitrogens with zero attached hydrogens (tertiary/aromatic N) is 3. The lowest BCUT2D eigenvalue weighted by Crippen LogP contribution is -1.99. The Hall–Kier alpha value is -1.75. The summed E-state index contributed by atoms with van der Waals surface area (Å²) in [6.07, 6.45) is 4.89. The smallest absolute Gasteiger partial charge is 0.216 e. The number of aryl methyl sites for hydroxylation is 1. The number of H-pyrrole nitrogens is 1. The first-order valence-corrected chi connectivity index (χ1v) is 6.48.